The smallest absolute Gasteiger partial charge is 0.335 e. The number of rotatable bonds is 3. The summed E-state index contributed by atoms with van der Waals surface area (Å²) in [6.45, 7) is 2.71. The van der Waals surface area contributed by atoms with Crippen molar-refractivity contribution in [2.75, 3.05) is 13.2 Å². The third kappa shape index (κ3) is 3.08. The van der Waals surface area contributed by atoms with Crippen LogP contribution < -0.4 is 10.1 Å². The minimum atomic E-state index is -0.959. The molecule has 124 valence electrons. The highest BCUT2D eigenvalue weighted by molar-refractivity contribution is 6.33. The summed E-state index contributed by atoms with van der Waals surface area (Å²) in [5.41, 5.74) is 3.37. The fourth-order valence-electron chi connectivity index (χ4n) is 2.67. The largest absolute Gasteiger partial charge is 0.489 e. The molecule has 1 amide bonds. The standard InChI is InChI=1S/C18H16ClNO4/c1-10-13(8-11-2-4-12(5-3-11)18(22)23)9-14-16(15(10)19)24-7-6-20-17(14)21/h2-5,9H,6-8H2,1H3,(H,20,21)(H,22,23). The highest BCUT2D eigenvalue weighted by Crippen LogP contribution is 2.36. The average molecular weight is 346 g/mol. The van der Waals surface area contributed by atoms with Gasteiger partial charge in [-0.25, -0.2) is 4.79 Å². The Morgan fingerprint density at radius 3 is 2.71 bits per heavy atom. The molecule has 2 N–H and O–H groups in total. The zero-order chi connectivity index (χ0) is 17.3. The van der Waals surface area contributed by atoms with Gasteiger partial charge in [-0.2, -0.15) is 0 Å². The van der Waals surface area contributed by atoms with Crippen molar-refractivity contribution in [3.8, 4) is 5.75 Å². The van der Waals surface area contributed by atoms with E-state index in [1.165, 1.54) is 0 Å². The van der Waals surface area contributed by atoms with Crippen molar-refractivity contribution in [2.24, 2.45) is 0 Å². The summed E-state index contributed by atoms with van der Waals surface area (Å²) in [6.07, 6.45) is 0.548. The maximum absolute atomic E-state index is 12.2. The van der Waals surface area contributed by atoms with E-state index in [4.69, 9.17) is 21.4 Å². The number of hydrogen-bond donors (Lipinski definition) is 2. The Bertz CT molecular complexity index is 815. The van der Waals surface area contributed by atoms with Crippen LogP contribution >= 0.6 is 11.6 Å². The third-order valence-electron chi connectivity index (χ3n) is 4.05. The van der Waals surface area contributed by atoms with E-state index in [-0.39, 0.29) is 11.5 Å². The Kier molecular flexibility index (Phi) is 4.44. The Morgan fingerprint density at radius 1 is 1.33 bits per heavy atom. The lowest BCUT2D eigenvalue weighted by molar-refractivity contribution is 0.0696. The van der Waals surface area contributed by atoms with Crippen molar-refractivity contribution >= 4 is 23.5 Å². The first-order valence-corrected chi connectivity index (χ1v) is 7.90. The van der Waals surface area contributed by atoms with E-state index in [0.717, 1.165) is 16.7 Å². The van der Waals surface area contributed by atoms with Crippen LogP contribution in [0.25, 0.3) is 0 Å². The topological polar surface area (TPSA) is 75.6 Å². The lowest BCUT2D eigenvalue weighted by Gasteiger charge is -2.15. The summed E-state index contributed by atoms with van der Waals surface area (Å²) in [4.78, 5) is 23.1. The maximum atomic E-state index is 12.2. The summed E-state index contributed by atoms with van der Waals surface area (Å²) in [6, 6.07) is 8.45. The van der Waals surface area contributed by atoms with E-state index >= 15 is 0 Å². The molecule has 0 aliphatic carbocycles. The van der Waals surface area contributed by atoms with E-state index in [1.807, 2.05) is 6.92 Å². The maximum Gasteiger partial charge on any atom is 0.335 e. The van der Waals surface area contributed by atoms with E-state index in [1.54, 1.807) is 30.3 Å². The van der Waals surface area contributed by atoms with Crippen molar-refractivity contribution in [1.82, 2.24) is 5.32 Å². The fraction of sp³-hybridized carbons (Fsp3) is 0.222. The molecule has 0 spiro atoms. The van der Waals surface area contributed by atoms with Crippen LogP contribution in [0.3, 0.4) is 0 Å². The summed E-state index contributed by atoms with van der Waals surface area (Å²) in [5, 5.41) is 12.2. The zero-order valence-electron chi connectivity index (χ0n) is 13.1. The molecule has 5 nitrogen and oxygen atoms in total. The predicted octanol–water partition coefficient (Wildman–Crippen LogP) is 3.06. The molecule has 6 heteroatoms. The Morgan fingerprint density at radius 2 is 2.04 bits per heavy atom. The molecule has 0 saturated carbocycles. The quantitative estimate of drug-likeness (QED) is 0.896. The van der Waals surface area contributed by atoms with Gasteiger partial charge in [-0.1, -0.05) is 23.7 Å². The lowest BCUT2D eigenvalue weighted by atomic mass is 9.96. The Balaban J connectivity index is 1.98. The zero-order valence-corrected chi connectivity index (χ0v) is 13.8. The number of fused-ring (bicyclic) bond motifs is 1. The van der Waals surface area contributed by atoms with Crippen LogP contribution in [-0.4, -0.2) is 30.1 Å². The van der Waals surface area contributed by atoms with Crippen LogP contribution in [0.2, 0.25) is 5.02 Å². The SMILES string of the molecule is Cc1c(Cc2ccc(C(=O)O)cc2)cc2c(c1Cl)OCCNC2=O. The normalized spacial score (nSPS) is 13.5. The number of carboxylic acids is 1. The molecule has 1 heterocycles. The Hall–Kier alpha value is -2.53. The molecule has 3 rings (SSSR count). The lowest BCUT2D eigenvalue weighted by Crippen LogP contribution is -2.24. The van der Waals surface area contributed by atoms with Gasteiger partial charge in [0, 0.05) is 0 Å². The number of benzene rings is 2. The summed E-state index contributed by atoms with van der Waals surface area (Å²) >= 11 is 6.40. The fourth-order valence-corrected chi connectivity index (χ4v) is 2.95. The average Bonchev–Trinajstić information content (AvgIpc) is 2.75. The first-order chi connectivity index (χ1) is 11.5. The van der Waals surface area contributed by atoms with Crippen LogP contribution in [-0.2, 0) is 6.42 Å². The van der Waals surface area contributed by atoms with Gasteiger partial charge < -0.3 is 15.2 Å². The molecule has 1 aliphatic heterocycles. The minimum Gasteiger partial charge on any atom is -0.489 e. The van der Waals surface area contributed by atoms with Crippen LogP contribution in [0.5, 0.6) is 5.75 Å². The molecular formula is C18H16ClNO4. The van der Waals surface area contributed by atoms with Gasteiger partial charge in [0.2, 0.25) is 0 Å². The minimum absolute atomic E-state index is 0.202. The summed E-state index contributed by atoms with van der Waals surface area (Å²) in [7, 11) is 0. The van der Waals surface area contributed by atoms with Crippen molar-refractivity contribution in [1.29, 1.82) is 0 Å². The molecule has 0 radical (unpaired) electrons. The molecule has 0 atom stereocenters. The van der Waals surface area contributed by atoms with Gasteiger partial charge in [0.1, 0.15) is 6.61 Å². The molecule has 0 unspecified atom stereocenters. The highest BCUT2D eigenvalue weighted by Gasteiger charge is 2.22. The predicted molar refractivity (Wildman–Crippen MR) is 90.2 cm³/mol. The van der Waals surface area contributed by atoms with Crippen LogP contribution in [0, 0.1) is 6.92 Å². The van der Waals surface area contributed by atoms with Gasteiger partial charge in [0.05, 0.1) is 22.7 Å². The van der Waals surface area contributed by atoms with Gasteiger partial charge in [-0.15, -0.1) is 0 Å². The number of halogens is 1. The van der Waals surface area contributed by atoms with Crippen LogP contribution in [0.4, 0.5) is 0 Å². The highest BCUT2D eigenvalue weighted by atomic mass is 35.5. The first-order valence-electron chi connectivity index (χ1n) is 7.52. The second-order valence-electron chi connectivity index (χ2n) is 5.63. The molecule has 24 heavy (non-hydrogen) atoms. The van der Waals surface area contributed by atoms with E-state index in [2.05, 4.69) is 5.32 Å². The molecule has 0 aromatic heterocycles. The van der Waals surface area contributed by atoms with Gasteiger partial charge in [-0.3, -0.25) is 4.79 Å². The van der Waals surface area contributed by atoms with Gasteiger partial charge in [0.15, 0.2) is 5.75 Å². The number of carboxylic acid groups (broad SMARTS) is 1. The third-order valence-corrected chi connectivity index (χ3v) is 4.50. The monoisotopic (exact) mass is 345 g/mol. The summed E-state index contributed by atoms with van der Waals surface area (Å²) in [5.74, 6) is -0.736. The number of carbonyl (C=O) groups is 2. The molecule has 2 aromatic carbocycles. The molecule has 0 fully saturated rings. The van der Waals surface area contributed by atoms with Gasteiger partial charge >= 0.3 is 5.97 Å². The second-order valence-corrected chi connectivity index (χ2v) is 6.01. The van der Waals surface area contributed by atoms with Crippen molar-refractivity contribution in [3.05, 3.63) is 63.2 Å². The molecule has 0 saturated heterocycles. The number of ether oxygens (including phenoxy) is 1. The first kappa shape index (κ1) is 16.3. The number of aromatic carboxylic acids is 1. The van der Waals surface area contributed by atoms with Crippen molar-refractivity contribution in [3.63, 3.8) is 0 Å². The van der Waals surface area contributed by atoms with E-state index < -0.39 is 5.97 Å². The van der Waals surface area contributed by atoms with Crippen LogP contribution in [0.1, 0.15) is 37.4 Å². The Labute approximate surface area is 144 Å². The van der Waals surface area contributed by atoms with Crippen molar-refractivity contribution in [2.45, 2.75) is 13.3 Å². The number of amides is 1. The van der Waals surface area contributed by atoms with Crippen molar-refractivity contribution < 1.29 is 19.4 Å². The van der Waals surface area contributed by atoms with Crippen LogP contribution in [0.15, 0.2) is 30.3 Å². The number of carbonyl (C=O) groups excluding carboxylic acids is 1. The summed E-state index contributed by atoms with van der Waals surface area (Å²) < 4.78 is 5.60. The van der Waals surface area contributed by atoms with E-state index in [9.17, 15) is 9.59 Å². The van der Waals surface area contributed by atoms with E-state index in [0.29, 0.717) is 35.9 Å². The van der Waals surface area contributed by atoms with Gasteiger partial charge in [-0.05, 0) is 48.2 Å². The number of nitrogens with one attached hydrogen (secondary N) is 1. The molecular weight excluding hydrogens is 330 g/mol. The molecule has 1 aliphatic rings. The molecule has 2 aromatic rings. The second kappa shape index (κ2) is 6.53. The number of hydrogen-bond acceptors (Lipinski definition) is 3. The molecule has 0 bridgehead atoms. The van der Waals surface area contributed by atoms with Gasteiger partial charge in [0.25, 0.3) is 5.91 Å².